The topological polar surface area (TPSA) is 8.81 Å². The molecular formula is C22H26FN2+. The van der Waals surface area contributed by atoms with Crippen LogP contribution in [0.2, 0.25) is 0 Å². The second kappa shape index (κ2) is 6.14. The van der Waals surface area contributed by atoms with Gasteiger partial charge in [0.25, 0.3) is 0 Å². The molecular weight excluding hydrogens is 311 g/mol. The lowest BCUT2D eigenvalue weighted by atomic mass is 10.0. The van der Waals surface area contributed by atoms with Crippen LogP contribution in [0.3, 0.4) is 0 Å². The van der Waals surface area contributed by atoms with Gasteiger partial charge in [-0.3, -0.25) is 4.57 Å². The Kier molecular flexibility index (Phi) is 4.28. The molecule has 0 aliphatic rings. The van der Waals surface area contributed by atoms with Crippen LogP contribution >= 0.6 is 0 Å². The number of hydrogen-bond acceptors (Lipinski definition) is 0. The fourth-order valence-electron chi connectivity index (χ4n) is 3.77. The van der Waals surface area contributed by atoms with Gasteiger partial charge >= 0.3 is 0 Å². The Balaban J connectivity index is 2.38. The normalized spacial score (nSPS) is 11.2. The smallest absolute Gasteiger partial charge is 0.229 e. The lowest BCUT2D eigenvalue weighted by Gasteiger charge is -2.16. The molecule has 0 bridgehead atoms. The maximum Gasteiger partial charge on any atom is 0.229 e. The fraction of sp³-hybridized carbons (Fsp3) is 0.318. The summed E-state index contributed by atoms with van der Waals surface area (Å²) < 4.78 is 18.8. The third-order valence-corrected chi connectivity index (χ3v) is 4.99. The van der Waals surface area contributed by atoms with Gasteiger partial charge in [-0.25, -0.2) is 0 Å². The molecule has 0 amide bonds. The van der Waals surface area contributed by atoms with Crippen LogP contribution < -0.4 is 4.57 Å². The van der Waals surface area contributed by atoms with E-state index in [1.807, 2.05) is 27.8 Å². The van der Waals surface area contributed by atoms with Crippen LogP contribution in [-0.2, 0) is 7.05 Å². The van der Waals surface area contributed by atoms with Crippen LogP contribution in [0.5, 0.6) is 0 Å². The predicted molar refractivity (Wildman–Crippen MR) is 101 cm³/mol. The summed E-state index contributed by atoms with van der Waals surface area (Å²) in [6, 6.07) is 8.00. The van der Waals surface area contributed by atoms with E-state index in [-0.39, 0.29) is 5.95 Å². The Morgan fingerprint density at radius 1 is 0.760 bits per heavy atom. The number of aryl methyl sites for hydroxylation is 7. The largest absolute Gasteiger partial charge is 0.280 e. The minimum Gasteiger partial charge on any atom is -0.280 e. The van der Waals surface area contributed by atoms with Gasteiger partial charge in [-0.2, -0.15) is 8.96 Å². The second-order valence-electron chi connectivity index (χ2n) is 7.22. The third-order valence-electron chi connectivity index (χ3n) is 4.99. The molecule has 0 atom stereocenters. The summed E-state index contributed by atoms with van der Waals surface area (Å²) in [5.41, 5.74) is 9.60. The van der Waals surface area contributed by atoms with E-state index < -0.39 is 0 Å². The minimum absolute atomic E-state index is 0.221. The average Bonchev–Trinajstić information content (AvgIpc) is 2.77. The van der Waals surface area contributed by atoms with Crippen molar-refractivity contribution in [1.82, 2.24) is 4.57 Å². The molecule has 2 aromatic heterocycles. The molecule has 0 fully saturated rings. The highest BCUT2D eigenvalue weighted by Crippen LogP contribution is 2.32. The Hall–Kier alpha value is -2.42. The number of aromatic nitrogens is 2. The molecule has 3 rings (SSSR count). The van der Waals surface area contributed by atoms with E-state index in [1.54, 1.807) is 10.6 Å². The number of hydrogen-bond donors (Lipinski definition) is 0. The zero-order valence-corrected chi connectivity index (χ0v) is 16.2. The Morgan fingerprint density at radius 3 is 1.96 bits per heavy atom. The van der Waals surface area contributed by atoms with Gasteiger partial charge in [-0.05, 0) is 69.9 Å². The SMILES string of the molecule is Cc1cc(C)c(-n2c(F)cc(C)c2-c2cc(C)c(C)c[n+]2C)c(C)c1. The summed E-state index contributed by atoms with van der Waals surface area (Å²) in [5, 5.41) is 0. The number of rotatable bonds is 2. The predicted octanol–water partition coefficient (Wildman–Crippen LogP) is 4.96. The van der Waals surface area contributed by atoms with Crippen molar-refractivity contribution >= 4 is 0 Å². The average molecular weight is 337 g/mol. The van der Waals surface area contributed by atoms with E-state index >= 15 is 0 Å². The first kappa shape index (κ1) is 17.4. The molecule has 0 radical (unpaired) electrons. The summed E-state index contributed by atoms with van der Waals surface area (Å²) in [5.74, 6) is -0.221. The maximum atomic E-state index is 15.0. The highest BCUT2D eigenvalue weighted by Gasteiger charge is 2.24. The molecule has 0 aliphatic carbocycles. The van der Waals surface area contributed by atoms with Gasteiger partial charge in [0.15, 0.2) is 12.1 Å². The van der Waals surface area contributed by atoms with Gasteiger partial charge in [-0.15, -0.1) is 0 Å². The first-order chi connectivity index (χ1) is 11.7. The van der Waals surface area contributed by atoms with Gasteiger partial charge < -0.3 is 0 Å². The van der Waals surface area contributed by atoms with E-state index in [0.717, 1.165) is 33.8 Å². The molecule has 0 spiro atoms. The monoisotopic (exact) mass is 337 g/mol. The summed E-state index contributed by atoms with van der Waals surface area (Å²) in [6.07, 6.45) is 2.11. The molecule has 0 aliphatic heterocycles. The van der Waals surface area contributed by atoms with Crippen molar-refractivity contribution in [1.29, 1.82) is 0 Å². The molecule has 2 heterocycles. The minimum atomic E-state index is -0.221. The number of halogens is 1. The van der Waals surface area contributed by atoms with Crippen molar-refractivity contribution in [2.24, 2.45) is 7.05 Å². The lowest BCUT2D eigenvalue weighted by Crippen LogP contribution is -2.32. The lowest BCUT2D eigenvalue weighted by molar-refractivity contribution is -0.661. The van der Waals surface area contributed by atoms with E-state index in [4.69, 9.17) is 0 Å². The number of pyridine rings is 1. The molecule has 0 unspecified atom stereocenters. The fourth-order valence-corrected chi connectivity index (χ4v) is 3.77. The zero-order valence-electron chi connectivity index (χ0n) is 16.2. The van der Waals surface area contributed by atoms with Crippen LogP contribution in [0.25, 0.3) is 17.1 Å². The first-order valence-corrected chi connectivity index (χ1v) is 8.64. The summed E-state index contributed by atoms with van der Waals surface area (Å²) >= 11 is 0. The molecule has 3 heteroatoms. The van der Waals surface area contributed by atoms with E-state index in [1.165, 1.54) is 16.7 Å². The van der Waals surface area contributed by atoms with Crippen molar-refractivity contribution in [3.63, 3.8) is 0 Å². The van der Waals surface area contributed by atoms with Crippen molar-refractivity contribution < 1.29 is 8.96 Å². The van der Waals surface area contributed by atoms with Gasteiger partial charge in [-0.1, -0.05) is 17.7 Å². The molecule has 3 aromatic rings. The van der Waals surface area contributed by atoms with Crippen LogP contribution in [-0.4, -0.2) is 4.57 Å². The van der Waals surface area contributed by atoms with Crippen molar-refractivity contribution in [2.75, 3.05) is 0 Å². The molecule has 1 aromatic carbocycles. The molecule has 2 nitrogen and oxygen atoms in total. The maximum absolute atomic E-state index is 15.0. The standard InChI is InChI=1S/C22H26FN2/c1-13-8-15(3)21(16(4)9-13)25-20(23)11-17(5)22(25)19-10-14(2)18(6)12-24(19)7/h8-12H,1-7H3/q+1. The molecule has 0 saturated carbocycles. The molecule has 0 N–H and O–H groups in total. The Bertz CT molecular complexity index is 957. The third kappa shape index (κ3) is 2.88. The number of nitrogens with zero attached hydrogens (tertiary/aromatic N) is 2. The van der Waals surface area contributed by atoms with E-state index in [9.17, 15) is 4.39 Å². The molecule has 130 valence electrons. The molecule has 0 saturated heterocycles. The molecule has 25 heavy (non-hydrogen) atoms. The van der Waals surface area contributed by atoms with Crippen LogP contribution in [0.4, 0.5) is 4.39 Å². The summed E-state index contributed by atoms with van der Waals surface area (Å²) in [4.78, 5) is 0. The highest BCUT2D eigenvalue weighted by molar-refractivity contribution is 5.65. The van der Waals surface area contributed by atoms with Gasteiger partial charge in [0.1, 0.15) is 12.7 Å². The van der Waals surface area contributed by atoms with E-state index in [0.29, 0.717) is 0 Å². The van der Waals surface area contributed by atoms with Gasteiger partial charge in [0.2, 0.25) is 5.69 Å². The number of benzene rings is 1. The van der Waals surface area contributed by atoms with Crippen LogP contribution in [0.1, 0.15) is 33.4 Å². The van der Waals surface area contributed by atoms with Gasteiger partial charge in [0.05, 0.1) is 5.69 Å². The van der Waals surface area contributed by atoms with Crippen LogP contribution in [0, 0.1) is 47.5 Å². The second-order valence-corrected chi connectivity index (χ2v) is 7.22. The Morgan fingerprint density at radius 2 is 1.36 bits per heavy atom. The first-order valence-electron chi connectivity index (χ1n) is 8.64. The highest BCUT2D eigenvalue weighted by atomic mass is 19.1. The van der Waals surface area contributed by atoms with Gasteiger partial charge in [0, 0.05) is 11.6 Å². The van der Waals surface area contributed by atoms with Crippen molar-refractivity contribution in [3.8, 4) is 17.1 Å². The van der Waals surface area contributed by atoms with Crippen molar-refractivity contribution in [2.45, 2.75) is 41.5 Å². The quantitative estimate of drug-likeness (QED) is 0.585. The summed E-state index contributed by atoms with van der Waals surface area (Å²) in [7, 11) is 2.02. The summed E-state index contributed by atoms with van der Waals surface area (Å²) in [6.45, 7) is 12.3. The zero-order chi connectivity index (χ0) is 18.5. The van der Waals surface area contributed by atoms with E-state index in [2.05, 4.69) is 49.7 Å². The Labute approximate surface area is 149 Å². The van der Waals surface area contributed by atoms with Crippen LogP contribution in [0.15, 0.2) is 30.5 Å². The van der Waals surface area contributed by atoms with Crippen molar-refractivity contribution in [3.05, 3.63) is 69.8 Å².